The normalized spacial score (nSPS) is 14.8. The first kappa shape index (κ1) is 11.2. The monoisotopic (exact) mass is 258 g/mol. The molecule has 0 spiro atoms. The number of benzene rings is 1. The van der Waals surface area contributed by atoms with Crippen LogP contribution in [0.4, 0.5) is 0 Å². The van der Waals surface area contributed by atoms with Gasteiger partial charge in [-0.3, -0.25) is 4.79 Å². The van der Waals surface area contributed by atoms with E-state index < -0.39 is 18.0 Å². The minimum Gasteiger partial charge on any atom is -0.481 e. The Hall–Kier alpha value is -0.870. The van der Waals surface area contributed by atoms with Crippen LogP contribution in [0.2, 0.25) is 0 Å². The van der Waals surface area contributed by atoms with Crippen molar-refractivity contribution < 1.29 is 15.0 Å². The molecular formula is C10H11BrO3. The second-order valence-electron chi connectivity index (χ2n) is 3.13. The number of carboxylic acids is 1. The van der Waals surface area contributed by atoms with Crippen molar-refractivity contribution in [3.8, 4) is 0 Å². The zero-order chi connectivity index (χ0) is 10.7. The van der Waals surface area contributed by atoms with Crippen LogP contribution in [0.3, 0.4) is 0 Å². The predicted molar refractivity (Wildman–Crippen MR) is 55.9 cm³/mol. The van der Waals surface area contributed by atoms with Crippen LogP contribution in [-0.4, -0.2) is 16.2 Å². The largest absolute Gasteiger partial charge is 0.481 e. The van der Waals surface area contributed by atoms with Crippen LogP contribution in [-0.2, 0) is 4.79 Å². The van der Waals surface area contributed by atoms with Gasteiger partial charge in [-0.15, -0.1) is 0 Å². The van der Waals surface area contributed by atoms with Crippen LogP contribution in [0.5, 0.6) is 0 Å². The van der Waals surface area contributed by atoms with Gasteiger partial charge in [0.1, 0.15) is 0 Å². The molecule has 0 aliphatic heterocycles. The molecule has 1 aromatic carbocycles. The van der Waals surface area contributed by atoms with Crippen LogP contribution in [0.15, 0.2) is 28.7 Å². The minimum atomic E-state index is -1.00. The van der Waals surface area contributed by atoms with Crippen LogP contribution in [0.25, 0.3) is 0 Å². The Labute approximate surface area is 90.5 Å². The maximum absolute atomic E-state index is 10.6. The number of halogens is 1. The Morgan fingerprint density at radius 1 is 1.50 bits per heavy atom. The van der Waals surface area contributed by atoms with Gasteiger partial charge in [-0.25, -0.2) is 0 Å². The first-order valence-corrected chi connectivity index (χ1v) is 4.98. The number of rotatable bonds is 3. The van der Waals surface area contributed by atoms with Gasteiger partial charge in [0.2, 0.25) is 0 Å². The van der Waals surface area contributed by atoms with Crippen molar-refractivity contribution in [2.45, 2.75) is 13.0 Å². The first-order chi connectivity index (χ1) is 6.52. The maximum Gasteiger partial charge on any atom is 0.309 e. The second kappa shape index (κ2) is 4.57. The number of carbonyl (C=O) groups is 1. The van der Waals surface area contributed by atoms with Crippen LogP contribution in [0, 0.1) is 5.92 Å². The van der Waals surface area contributed by atoms with Crippen molar-refractivity contribution in [2.75, 3.05) is 0 Å². The first-order valence-electron chi connectivity index (χ1n) is 4.18. The van der Waals surface area contributed by atoms with Crippen molar-refractivity contribution in [1.29, 1.82) is 0 Å². The van der Waals surface area contributed by atoms with E-state index in [1.807, 2.05) is 6.07 Å². The fraction of sp³-hybridized carbons (Fsp3) is 0.300. The number of hydrogen-bond acceptors (Lipinski definition) is 2. The molecule has 0 aromatic heterocycles. The quantitative estimate of drug-likeness (QED) is 0.874. The predicted octanol–water partition coefficient (Wildman–Crippen LogP) is 2.20. The average Bonchev–Trinajstić information content (AvgIpc) is 2.15. The summed E-state index contributed by atoms with van der Waals surface area (Å²) < 4.78 is 0.826. The molecule has 76 valence electrons. The summed E-state index contributed by atoms with van der Waals surface area (Å²) in [5.74, 6) is -1.80. The van der Waals surface area contributed by atoms with Crippen molar-refractivity contribution >= 4 is 21.9 Å². The third kappa shape index (κ3) is 2.56. The van der Waals surface area contributed by atoms with Crippen molar-refractivity contribution in [2.24, 2.45) is 5.92 Å². The lowest BCUT2D eigenvalue weighted by atomic mass is 9.98. The van der Waals surface area contributed by atoms with Gasteiger partial charge in [-0.05, 0) is 24.6 Å². The maximum atomic E-state index is 10.6. The summed E-state index contributed by atoms with van der Waals surface area (Å²) in [7, 11) is 0. The average molecular weight is 259 g/mol. The Morgan fingerprint density at radius 2 is 2.14 bits per heavy atom. The molecule has 0 amide bonds. The molecule has 14 heavy (non-hydrogen) atoms. The van der Waals surface area contributed by atoms with Crippen molar-refractivity contribution in [3.63, 3.8) is 0 Å². The van der Waals surface area contributed by atoms with Gasteiger partial charge in [-0.2, -0.15) is 0 Å². The Morgan fingerprint density at radius 3 is 2.64 bits per heavy atom. The molecular weight excluding hydrogens is 248 g/mol. The van der Waals surface area contributed by atoms with Crippen LogP contribution >= 0.6 is 15.9 Å². The molecule has 4 heteroatoms. The lowest BCUT2D eigenvalue weighted by Crippen LogP contribution is -2.18. The number of aliphatic hydroxyl groups excluding tert-OH is 1. The molecule has 3 nitrogen and oxygen atoms in total. The number of aliphatic hydroxyl groups is 1. The molecule has 2 atom stereocenters. The van der Waals surface area contributed by atoms with Gasteiger partial charge in [-0.1, -0.05) is 28.1 Å². The van der Waals surface area contributed by atoms with E-state index in [1.165, 1.54) is 6.92 Å². The fourth-order valence-corrected chi connectivity index (χ4v) is 1.53. The summed E-state index contributed by atoms with van der Waals surface area (Å²) in [6, 6.07) is 7.00. The summed E-state index contributed by atoms with van der Waals surface area (Å²) >= 11 is 3.26. The van der Waals surface area contributed by atoms with E-state index in [2.05, 4.69) is 15.9 Å². The highest BCUT2D eigenvalue weighted by Gasteiger charge is 2.22. The number of carboxylic acid groups (broad SMARTS) is 1. The van der Waals surface area contributed by atoms with Gasteiger partial charge in [0.25, 0.3) is 0 Å². The lowest BCUT2D eigenvalue weighted by molar-refractivity contribution is -0.145. The van der Waals surface area contributed by atoms with E-state index in [9.17, 15) is 9.90 Å². The topological polar surface area (TPSA) is 57.5 Å². The molecule has 2 N–H and O–H groups in total. The van der Waals surface area contributed by atoms with E-state index in [0.29, 0.717) is 5.56 Å². The molecule has 2 unspecified atom stereocenters. The number of aliphatic carboxylic acids is 1. The summed E-state index contributed by atoms with van der Waals surface area (Å²) in [6.45, 7) is 1.48. The zero-order valence-electron chi connectivity index (χ0n) is 7.64. The lowest BCUT2D eigenvalue weighted by Gasteiger charge is -2.15. The van der Waals surface area contributed by atoms with E-state index in [4.69, 9.17) is 5.11 Å². The summed E-state index contributed by atoms with van der Waals surface area (Å²) in [4.78, 5) is 10.6. The molecule has 1 aromatic rings. The summed E-state index contributed by atoms with van der Waals surface area (Å²) in [5.41, 5.74) is 0.606. The standard InChI is InChI=1S/C10H11BrO3/c1-6(10(13)14)9(12)7-3-2-4-8(11)5-7/h2-6,9,12H,1H3,(H,13,14). The van der Waals surface area contributed by atoms with E-state index in [-0.39, 0.29) is 0 Å². The fourth-order valence-electron chi connectivity index (χ4n) is 1.11. The smallest absolute Gasteiger partial charge is 0.309 e. The van der Waals surface area contributed by atoms with Gasteiger partial charge >= 0.3 is 5.97 Å². The Bertz CT molecular complexity index is 338. The molecule has 0 aliphatic carbocycles. The van der Waals surface area contributed by atoms with Gasteiger partial charge < -0.3 is 10.2 Å². The highest BCUT2D eigenvalue weighted by molar-refractivity contribution is 9.10. The minimum absolute atomic E-state index is 0.606. The number of hydrogen-bond donors (Lipinski definition) is 2. The van der Waals surface area contributed by atoms with Crippen molar-refractivity contribution in [1.82, 2.24) is 0 Å². The van der Waals surface area contributed by atoms with Gasteiger partial charge in [0.05, 0.1) is 12.0 Å². The highest BCUT2D eigenvalue weighted by atomic mass is 79.9. The SMILES string of the molecule is CC(C(=O)O)C(O)c1cccc(Br)c1. The van der Waals surface area contributed by atoms with E-state index in [1.54, 1.807) is 18.2 Å². The molecule has 0 radical (unpaired) electrons. The van der Waals surface area contributed by atoms with Crippen LogP contribution in [0.1, 0.15) is 18.6 Å². The van der Waals surface area contributed by atoms with Gasteiger partial charge in [0, 0.05) is 4.47 Å². The molecule has 1 rings (SSSR count). The molecule has 0 saturated carbocycles. The molecule has 0 heterocycles. The third-order valence-corrected chi connectivity index (χ3v) is 2.55. The third-order valence-electron chi connectivity index (χ3n) is 2.05. The van der Waals surface area contributed by atoms with E-state index >= 15 is 0 Å². The molecule has 0 bridgehead atoms. The Balaban J connectivity index is 2.89. The van der Waals surface area contributed by atoms with E-state index in [0.717, 1.165) is 4.47 Å². The molecule has 0 fully saturated rings. The zero-order valence-corrected chi connectivity index (χ0v) is 9.23. The van der Waals surface area contributed by atoms with Crippen LogP contribution < -0.4 is 0 Å². The Kier molecular flexibility index (Phi) is 3.66. The summed E-state index contributed by atoms with van der Waals surface area (Å²) in [5, 5.41) is 18.4. The summed E-state index contributed by atoms with van der Waals surface area (Å²) in [6.07, 6.45) is -0.968. The molecule has 0 saturated heterocycles. The van der Waals surface area contributed by atoms with Crippen molar-refractivity contribution in [3.05, 3.63) is 34.3 Å². The second-order valence-corrected chi connectivity index (χ2v) is 4.04. The molecule has 0 aliphatic rings. The van der Waals surface area contributed by atoms with Gasteiger partial charge in [0.15, 0.2) is 0 Å². The highest BCUT2D eigenvalue weighted by Crippen LogP contribution is 2.24.